The number of aromatic nitrogens is 4. The molecule has 0 bridgehead atoms. The smallest absolute Gasteiger partial charge is 0.223 e. The van der Waals surface area contributed by atoms with E-state index in [2.05, 4.69) is 89.7 Å². The van der Waals surface area contributed by atoms with Gasteiger partial charge in [0, 0.05) is 25.6 Å². The number of carbonyl (C=O) groups is 1. The van der Waals surface area contributed by atoms with Crippen molar-refractivity contribution in [3.63, 3.8) is 0 Å². The Kier molecular flexibility index (Phi) is 6.24. The molecule has 180 valence electrons. The van der Waals surface area contributed by atoms with Crippen LogP contribution in [-0.4, -0.2) is 39.0 Å². The molecule has 7 heteroatoms. The molecule has 0 atom stereocenters. The largest absolute Gasteiger partial charge is 0.353 e. The van der Waals surface area contributed by atoms with Crippen LogP contribution in [0.5, 0.6) is 0 Å². The van der Waals surface area contributed by atoms with E-state index >= 15 is 0 Å². The van der Waals surface area contributed by atoms with Crippen LogP contribution in [0.25, 0.3) is 16.6 Å². The molecule has 4 aromatic rings. The van der Waals surface area contributed by atoms with Gasteiger partial charge in [0.15, 0.2) is 5.82 Å². The zero-order chi connectivity index (χ0) is 24.5. The van der Waals surface area contributed by atoms with Gasteiger partial charge >= 0.3 is 0 Å². The molecule has 1 aliphatic rings. The first-order valence-corrected chi connectivity index (χ1v) is 12.3. The monoisotopic (exact) mass is 468 g/mol. The Hall–Kier alpha value is -3.74. The second-order valence-corrected chi connectivity index (χ2v) is 9.63. The van der Waals surface area contributed by atoms with E-state index in [1.165, 1.54) is 11.1 Å². The molecule has 2 aromatic carbocycles. The number of rotatable bonds is 5. The van der Waals surface area contributed by atoms with Crippen LogP contribution in [0.4, 0.5) is 5.82 Å². The zero-order valence-electron chi connectivity index (χ0n) is 20.9. The number of benzene rings is 2. The molecule has 2 aromatic heterocycles. The van der Waals surface area contributed by atoms with E-state index < -0.39 is 0 Å². The summed E-state index contributed by atoms with van der Waals surface area (Å²) in [5, 5.41) is 18.1. The minimum absolute atomic E-state index is 0.0115. The number of hydrogen-bond acceptors (Lipinski definition) is 5. The van der Waals surface area contributed by atoms with E-state index in [4.69, 9.17) is 5.10 Å². The Morgan fingerprint density at radius 2 is 1.54 bits per heavy atom. The Balaban J connectivity index is 1.31. The third-order valence-electron chi connectivity index (χ3n) is 7.02. The van der Waals surface area contributed by atoms with E-state index in [9.17, 15) is 4.79 Å². The van der Waals surface area contributed by atoms with Crippen molar-refractivity contribution in [2.75, 3.05) is 18.0 Å². The number of anilines is 1. The van der Waals surface area contributed by atoms with E-state index in [1.807, 2.05) is 11.6 Å². The molecular formula is C28H32N6O. The van der Waals surface area contributed by atoms with E-state index in [-0.39, 0.29) is 11.8 Å². The van der Waals surface area contributed by atoms with Crippen molar-refractivity contribution in [3.8, 4) is 5.69 Å². The fraction of sp³-hybridized carbons (Fsp3) is 0.357. The summed E-state index contributed by atoms with van der Waals surface area (Å²) in [6.07, 6.45) is 1.57. The number of nitrogens with one attached hydrogen (secondary N) is 1. The predicted octanol–water partition coefficient (Wildman–Crippen LogP) is 4.58. The number of fused-ring (bicyclic) bond motifs is 1. The number of aryl methyl sites for hydroxylation is 4. The first kappa shape index (κ1) is 23.0. The Bertz CT molecular complexity index is 1350. The van der Waals surface area contributed by atoms with Crippen LogP contribution in [0.15, 0.2) is 48.5 Å². The first-order valence-electron chi connectivity index (χ1n) is 12.3. The molecule has 0 aliphatic carbocycles. The third kappa shape index (κ3) is 4.63. The van der Waals surface area contributed by atoms with Crippen LogP contribution in [0, 0.1) is 33.6 Å². The van der Waals surface area contributed by atoms with Crippen molar-refractivity contribution in [2.24, 2.45) is 5.92 Å². The fourth-order valence-corrected chi connectivity index (χ4v) is 4.85. The van der Waals surface area contributed by atoms with Crippen molar-refractivity contribution < 1.29 is 4.79 Å². The summed E-state index contributed by atoms with van der Waals surface area (Å²) in [6.45, 7) is 10.3. The summed E-state index contributed by atoms with van der Waals surface area (Å²) in [4.78, 5) is 15.0. The van der Waals surface area contributed by atoms with Crippen LogP contribution in [0.3, 0.4) is 0 Å². The van der Waals surface area contributed by atoms with E-state index in [0.29, 0.717) is 6.54 Å². The molecule has 1 aliphatic heterocycles. The van der Waals surface area contributed by atoms with Crippen molar-refractivity contribution >= 4 is 22.6 Å². The minimum Gasteiger partial charge on any atom is -0.353 e. The van der Waals surface area contributed by atoms with Gasteiger partial charge in [0.1, 0.15) is 5.52 Å². The van der Waals surface area contributed by atoms with Crippen molar-refractivity contribution in [1.29, 1.82) is 0 Å². The molecule has 7 nitrogen and oxygen atoms in total. The molecule has 1 saturated heterocycles. The Morgan fingerprint density at radius 1 is 0.914 bits per heavy atom. The average molecular weight is 469 g/mol. The van der Waals surface area contributed by atoms with Gasteiger partial charge in [-0.15, -0.1) is 5.10 Å². The van der Waals surface area contributed by atoms with Crippen molar-refractivity contribution in [3.05, 3.63) is 76.6 Å². The molecule has 35 heavy (non-hydrogen) atoms. The highest BCUT2D eigenvalue weighted by Gasteiger charge is 2.28. The number of nitrogens with zero attached hydrogens (tertiary/aromatic N) is 5. The molecular weight excluding hydrogens is 436 g/mol. The molecule has 3 heterocycles. The standard InChI is InChI=1S/C28H32N6O/c1-18-5-9-22(10-6-18)17-29-28(35)23-13-15-33(16-14-23)27-26-25(20(3)30-31-27)21(4)34(32-26)24-11-7-19(2)8-12-24/h5-12,23H,13-17H2,1-4H3,(H,29,35). The lowest BCUT2D eigenvalue weighted by atomic mass is 9.95. The third-order valence-corrected chi connectivity index (χ3v) is 7.02. The van der Waals surface area contributed by atoms with Gasteiger partial charge in [-0.2, -0.15) is 10.2 Å². The number of piperidine rings is 1. The summed E-state index contributed by atoms with van der Waals surface area (Å²) in [5.74, 6) is 0.945. The number of carbonyl (C=O) groups excluding carboxylic acids is 1. The molecule has 0 saturated carbocycles. The van der Waals surface area contributed by atoms with Gasteiger partial charge in [-0.1, -0.05) is 47.5 Å². The van der Waals surface area contributed by atoms with Crippen molar-refractivity contribution in [1.82, 2.24) is 25.3 Å². The minimum atomic E-state index is 0.0115. The molecule has 1 amide bonds. The quantitative estimate of drug-likeness (QED) is 0.464. The molecule has 1 fully saturated rings. The zero-order valence-corrected chi connectivity index (χ0v) is 20.9. The van der Waals surface area contributed by atoms with Gasteiger partial charge in [-0.05, 0) is 58.2 Å². The number of hydrogen-bond donors (Lipinski definition) is 1. The summed E-state index contributed by atoms with van der Waals surface area (Å²) < 4.78 is 1.98. The van der Waals surface area contributed by atoms with Gasteiger partial charge in [0.2, 0.25) is 5.91 Å². The second-order valence-electron chi connectivity index (χ2n) is 9.63. The second kappa shape index (κ2) is 9.49. The van der Waals surface area contributed by atoms with Crippen LogP contribution < -0.4 is 10.2 Å². The molecule has 0 spiro atoms. The number of amides is 1. The van der Waals surface area contributed by atoms with E-state index in [1.54, 1.807) is 0 Å². The molecule has 0 unspecified atom stereocenters. The Morgan fingerprint density at radius 3 is 2.20 bits per heavy atom. The van der Waals surface area contributed by atoms with Crippen LogP contribution in [0.1, 0.15) is 40.9 Å². The maximum Gasteiger partial charge on any atom is 0.223 e. The van der Waals surface area contributed by atoms with Crippen LogP contribution in [0.2, 0.25) is 0 Å². The van der Waals surface area contributed by atoms with Gasteiger partial charge in [-0.3, -0.25) is 4.79 Å². The summed E-state index contributed by atoms with van der Waals surface area (Å²) in [5.41, 5.74) is 7.40. The topological polar surface area (TPSA) is 75.9 Å². The van der Waals surface area contributed by atoms with Gasteiger partial charge in [0.05, 0.1) is 22.5 Å². The summed E-state index contributed by atoms with van der Waals surface area (Å²) >= 11 is 0. The lowest BCUT2D eigenvalue weighted by Crippen LogP contribution is -2.40. The summed E-state index contributed by atoms with van der Waals surface area (Å²) in [6, 6.07) is 16.7. The van der Waals surface area contributed by atoms with Crippen molar-refractivity contribution in [2.45, 2.75) is 47.1 Å². The normalized spacial score (nSPS) is 14.5. The van der Waals surface area contributed by atoms with Crippen LogP contribution in [-0.2, 0) is 11.3 Å². The average Bonchev–Trinajstić information content (AvgIpc) is 3.22. The Labute approximate surface area is 206 Å². The molecule has 1 N–H and O–H groups in total. The van der Waals surface area contributed by atoms with Gasteiger partial charge in [-0.25, -0.2) is 4.68 Å². The van der Waals surface area contributed by atoms with Gasteiger partial charge in [0.25, 0.3) is 0 Å². The maximum absolute atomic E-state index is 12.8. The summed E-state index contributed by atoms with van der Waals surface area (Å²) in [7, 11) is 0. The maximum atomic E-state index is 12.8. The SMILES string of the molecule is Cc1ccc(CNC(=O)C2CCN(c3nnc(C)c4c(C)n(-c5ccc(C)cc5)nc34)CC2)cc1. The lowest BCUT2D eigenvalue weighted by molar-refractivity contribution is -0.125. The van der Waals surface area contributed by atoms with Crippen LogP contribution >= 0.6 is 0 Å². The highest BCUT2D eigenvalue weighted by atomic mass is 16.1. The molecule has 5 rings (SSSR count). The highest BCUT2D eigenvalue weighted by molar-refractivity contribution is 5.92. The lowest BCUT2D eigenvalue weighted by Gasteiger charge is -2.32. The predicted molar refractivity (Wildman–Crippen MR) is 139 cm³/mol. The first-order chi connectivity index (χ1) is 16.9. The molecule has 0 radical (unpaired) electrons. The fourth-order valence-electron chi connectivity index (χ4n) is 4.85. The highest BCUT2D eigenvalue weighted by Crippen LogP contribution is 2.31. The van der Waals surface area contributed by atoms with E-state index in [0.717, 1.165) is 65.3 Å². The van der Waals surface area contributed by atoms with Gasteiger partial charge < -0.3 is 10.2 Å².